The number of nitrogens with one attached hydrogen (secondary N) is 2. The topological polar surface area (TPSA) is 66.9 Å². The molecule has 5 nitrogen and oxygen atoms in total. The lowest BCUT2D eigenvalue weighted by molar-refractivity contribution is 0.0933. The number of carbonyl (C=O) groups excluding carboxylic acids is 1. The Balaban J connectivity index is 1.80. The summed E-state index contributed by atoms with van der Waals surface area (Å²) in [4.78, 5) is 21.8. The van der Waals surface area contributed by atoms with Crippen molar-refractivity contribution in [3.05, 3.63) is 42.1 Å². The zero-order chi connectivity index (χ0) is 18.2. The molecule has 0 unspecified atom stereocenters. The molecule has 0 spiro atoms. The van der Waals surface area contributed by atoms with Crippen molar-refractivity contribution in [3.63, 3.8) is 0 Å². The van der Waals surface area contributed by atoms with Crippen LogP contribution in [0.1, 0.15) is 62.4 Å². The average Bonchev–Trinajstić information content (AvgIpc) is 3.19. The predicted molar refractivity (Wildman–Crippen MR) is 105 cm³/mol. The highest BCUT2D eigenvalue weighted by Crippen LogP contribution is 2.20. The van der Waals surface area contributed by atoms with Gasteiger partial charge in [-0.15, -0.1) is 0 Å². The summed E-state index contributed by atoms with van der Waals surface area (Å²) in [5.41, 5.74) is 1.35. The third-order valence-corrected chi connectivity index (χ3v) is 4.77. The van der Waals surface area contributed by atoms with Crippen molar-refractivity contribution in [1.82, 2.24) is 15.3 Å². The number of benzene rings is 1. The van der Waals surface area contributed by atoms with Crippen LogP contribution in [0.4, 0.5) is 5.82 Å². The number of rotatable bonds is 8. The summed E-state index contributed by atoms with van der Waals surface area (Å²) in [5.74, 6) is 1.20. The van der Waals surface area contributed by atoms with Crippen LogP contribution in [0.2, 0.25) is 0 Å². The van der Waals surface area contributed by atoms with Gasteiger partial charge in [-0.25, -0.2) is 9.97 Å². The first-order chi connectivity index (χ1) is 12.8. The molecule has 1 heterocycles. The van der Waals surface area contributed by atoms with E-state index < -0.39 is 0 Å². The molecule has 3 rings (SSSR count). The molecule has 138 valence electrons. The Hall–Kier alpha value is -2.43. The quantitative estimate of drug-likeness (QED) is 0.690. The molecule has 0 bridgehead atoms. The normalized spacial score (nSPS) is 14.3. The molecule has 1 aliphatic carbocycles. The van der Waals surface area contributed by atoms with Gasteiger partial charge in [-0.2, -0.15) is 0 Å². The summed E-state index contributed by atoms with van der Waals surface area (Å²) in [6.45, 7) is 3.03. The number of amides is 1. The van der Waals surface area contributed by atoms with Crippen molar-refractivity contribution in [2.75, 3.05) is 11.9 Å². The first-order valence-electron chi connectivity index (χ1n) is 9.75. The second kappa shape index (κ2) is 9.32. The van der Waals surface area contributed by atoms with Gasteiger partial charge in [0.25, 0.3) is 5.91 Å². The van der Waals surface area contributed by atoms with E-state index in [0.29, 0.717) is 17.3 Å². The van der Waals surface area contributed by atoms with Crippen LogP contribution in [-0.2, 0) is 0 Å². The van der Waals surface area contributed by atoms with Crippen molar-refractivity contribution in [2.24, 2.45) is 0 Å². The third kappa shape index (κ3) is 5.04. The average molecular weight is 352 g/mol. The van der Waals surface area contributed by atoms with E-state index in [-0.39, 0.29) is 11.9 Å². The minimum absolute atomic E-state index is 0.104. The summed E-state index contributed by atoms with van der Waals surface area (Å²) in [5, 5.41) is 6.47. The molecule has 0 aliphatic heterocycles. The summed E-state index contributed by atoms with van der Waals surface area (Å²) >= 11 is 0. The lowest BCUT2D eigenvalue weighted by Crippen LogP contribution is -2.33. The van der Waals surface area contributed by atoms with Gasteiger partial charge in [0.1, 0.15) is 11.5 Å². The van der Waals surface area contributed by atoms with Crippen LogP contribution in [0.3, 0.4) is 0 Å². The molecule has 2 aromatic rings. The second-order valence-corrected chi connectivity index (χ2v) is 6.92. The first-order valence-corrected chi connectivity index (χ1v) is 9.75. The van der Waals surface area contributed by atoms with Gasteiger partial charge in [0.2, 0.25) is 0 Å². The van der Waals surface area contributed by atoms with E-state index >= 15 is 0 Å². The maximum absolute atomic E-state index is 12.7. The molecule has 2 N–H and O–H groups in total. The third-order valence-electron chi connectivity index (χ3n) is 4.77. The molecule has 1 amide bonds. The van der Waals surface area contributed by atoms with Gasteiger partial charge < -0.3 is 10.6 Å². The molecule has 1 aliphatic rings. The SMILES string of the molecule is CCCCCNc1cc(C(=O)NC2CCCC2)nc(-c2ccccc2)n1. The summed E-state index contributed by atoms with van der Waals surface area (Å²) in [6.07, 6.45) is 7.94. The Kier molecular flexibility index (Phi) is 6.58. The van der Waals surface area contributed by atoms with Gasteiger partial charge in [-0.1, -0.05) is 62.9 Å². The van der Waals surface area contributed by atoms with Crippen LogP contribution in [0.5, 0.6) is 0 Å². The van der Waals surface area contributed by atoms with Gasteiger partial charge in [-0.05, 0) is 19.3 Å². The number of hydrogen-bond acceptors (Lipinski definition) is 4. The van der Waals surface area contributed by atoms with Gasteiger partial charge in [0, 0.05) is 24.2 Å². The molecule has 5 heteroatoms. The van der Waals surface area contributed by atoms with Crippen molar-refractivity contribution in [1.29, 1.82) is 0 Å². The molecule has 0 atom stereocenters. The molecule has 1 saturated carbocycles. The standard InChI is InChI=1S/C21H28N4O/c1-2-3-9-14-22-19-15-18(21(26)23-17-12-7-8-13-17)24-20(25-19)16-10-5-4-6-11-16/h4-6,10-11,15,17H,2-3,7-9,12-14H2,1H3,(H,23,26)(H,22,24,25). The number of unbranched alkanes of at least 4 members (excludes halogenated alkanes) is 2. The van der Waals surface area contributed by atoms with Crippen LogP contribution in [0.25, 0.3) is 11.4 Å². The lowest BCUT2D eigenvalue weighted by atomic mass is 10.2. The summed E-state index contributed by atoms with van der Waals surface area (Å²) in [7, 11) is 0. The molecule has 1 aromatic heterocycles. The highest BCUT2D eigenvalue weighted by Gasteiger charge is 2.20. The Morgan fingerprint density at radius 3 is 2.62 bits per heavy atom. The van der Waals surface area contributed by atoms with Crippen molar-refractivity contribution >= 4 is 11.7 Å². The fourth-order valence-corrected chi connectivity index (χ4v) is 3.29. The number of nitrogens with zero attached hydrogens (tertiary/aromatic N) is 2. The smallest absolute Gasteiger partial charge is 0.270 e. The largest absolute Gasteiger partial charge is 0.370 e. The second-order valence-electron chi connectivity index (χ2n) is 6.92. The van der Waals surface area contributed by atoms with E-state index in [2.05, 4.69) is 27.5 Å². The summed E-state index contributed by atoms with van der Waals surface area (Å²) < 4.78 is 0. The maximum atomic E-state index is 12.7. The molecular formula is C21H28N4O. The number of hydrogen-bond donors (Lipinski definition) is 2. The fourth-order valence-electron chi connectivity index (χ4n) is 3.29. The van der Waals surface area contributed by atoms with Gasteiger partial charge in [-0.3, -0.25) is 4.79 Å². The highest BCUT2D eigenvalue weighted by atomic mass is 16.1. The van der Waals surface area contributed by atoms with Crippen molar-refractivity contribution in [2.45, 2.75) is 57.9 Å². The first kappa shape index (κ1) is 18.4. The van der Waals surface area contributed by atoms with Gasteiger partial charge in [0.05, 0.1) is 0 Å². The Morgan fingerprint density at radius 1 is 1.12 bits per heavy atom. The zero-order valence-corrected chi connectivity index (χ0v) is 15.5. The molecule has 1 aromatic carbocycles. The van der Waals surface area contributed by atoms with E-state index in [0.717, 1.165) is 31.4 Å². The van der Waals surface area contributed by atoms with E-state index in [4.69, 9.17) is 0 Å². The Labute approximate surface area is 155 Å². The van der Waals surface area contributed by atoms with E-state index in [1.807, 2.05) is 30.3 Å². The highest BCUT2D eigenvalue weighted by molar-refractivity contribution is 5.93. The summed E-state index contributed by atoms with van der Waals surface area (Å²) in [6, 6.07) is 11.9. The molecule has 26 heavy (non-hydrogen) atoms. The number of anilines is 1. The Bertz CT molecular complexity index is 711. The Morgan fingerprint density at radius 2 is 1.88 bits per heavy atom. The van der Waals surface area contributed by atoms with Crippen molar-refractivity contribution < 1.29 is 4.79 Å². The van der Waals surface area contributed by atoms with Crippen LogP contribution >= 0.6 is 0 Å². The van der Waals surface area contributed by atoms with Gasteiger partial charge in [0.15, 0.2) is 5.82 Å². The number of carbonyl (C=O) groups is 1. The fraction of sp³-hybridized carbons (Fsp3) is 0.476. The molecular weight excluding hydrogens is 324 g/mol. The van der Waals surface area contributed by atoms with Gasteiger partial charge >= 0.3 is 0 Å². The monoisotopic (exact) mass is 352 g/mol. The lowest BCUT2D eigenvalue weighted by Gasteiger charge is -2.13. The van der Waals surface area contributed by atoms with Crippen LogP contribution in [0, 0.1) is 0 Å². The minimum Gasteiger partial charge on any atom is -0.370 e. The van der Waals surface area contributed by atoms with Crippen molar-refractivity contribution in [3.8, 4) is 11.4 Å². The van der Waals surface area contributed by atoms with E-state index in [9.17, 15) is 4.79 Å². The predicted octanol–water partition coefficient (Wildman–Crippen LogP) is 4.42. The van der Waals surface area contributed by atoms with Crippen LogP contribution in [0.15, 0.2) is 36.4 Å². The van der Waals surface area contributed by atoms with E-state index in [1.165, 1.54) is 25.7 Å². The van der Waals surface area contributed by atoms with Crippen LogP contribution in [-0.4, -0.2) is 28.5 Å². The molecule has 0 radical (unpaired) electrons. The minimum atomic E-state index is -0.104. The van der Waals surface area contributed by atoms with Crippen LogP contribution < -0.4 is 10.6 Å². The molecule has 0 saturated heterocycles. The maximum Gasteiger partial charge on any atom is 0.270 e. The molecule has 1 fully saturated rings. The number of aromatic nitrogens is 2. The van der Waals surface area contributed by atoms with E-state index in [1.54, 1.807) is 6.07 Å². The zero-order valence-electron chi connectivity index (χ0n) is 15.5.